The molecule has 1 atom stereocenters. The Morgan fingerprint density at radius 3 is 2.60 bits per heavy atom. The summed E-state index contributed by atoms with van der Waals surface area (Å²) in [5, 5.41) is 4.17. The van der Waals surface area contributed by atoms with Gasteiger partial charge in [0.15, 0.2) is 5.78 Å². The molecular weight excluding hydrogens is 310 g/mol. The van der Waals surface area contributed by atoms with Crippen LogP contribution in [-0.2, 0) is 17.0 Å². The van der Waals surface area contributed by atoms with E-state index in [1.165, 1.54) is 5.56 Å². The molecule has 0 saturated heterocycles. The Hall–Kier alpha value is -0.810. The van der Waals surface area contributed by atoms with Gasteiger partial charge in [0.05, 0.1) is 11.8 Å². The zero-order valence-corrected chi connectivity index (χ0v) is 13.5. The van der Waals surface area contributed by atoms with Crippen LogP contribution in [0, 0.1) is 0 Å². The average molecular weight is 328 g/mol. The van der Waals surface area contributed by atoms with Crippen LogP contribution in [0.2, 0.25) is 0 Å². The van der Waals surface area contributed by atoms with Gasteiger partial charge >= 0.3 is 0 Å². The van der Waals surface area contributed by atoms with Gasteiger partial charge in [-0.15, -0.1) is 24.2 Å². The first-order chi connectivity index (χ1) is 9.25. The standard InChI is InChI=1S/C15H17NOS2.ClH/c16-14(8-12-4-2-1-3-5-12)15(17)11-19-10-13-6-7-18-9-13;/h1-7,9,14H,8,10-11,16H2;1H/t14-;/m0./s1. The molecule has 0 aliphatic rings. The van der Waals surface area contributed by atoms with Gasteiger partial charge in [0.2, 0.25) is 0 Å². The quantitative estimate of drug-likeness (QED) is 0.845. The van der Waals surface area contributed by atoms with Crippen LogP contribution in [0.15, 0.2) is 47.2 Å². The van der Waals surface area contributed by atoms with Crippen LogP contribution in [0.1, 0.15) is 11.1 Å². The van der Waals surface area contributed by atoms with Crippen LogP contribution in [0.25, 0.3) is 0 Å². The number of hydrogen-bond acceptors (Lipinski definition) is 4. The summed E-state index contributed by atoms with van der Waals surface area (Å²) >= 11 is 3.32. The van der Waals surface area contributed by atoms with Gasteiger partial charge in [-0.05, 0) is 34.4 Å². The van der Waals surface area contributed by atoms with Gasteiger partial charge in [0.1, 0.15) is 0 Å². The van der Waals surface area contributed by atoms with Crippen LogP contribution in [0.5, 0.6) is 0 Å². The number of thiophene rings is 1. The largest absolute Gasteiger partial charge is 0.321 e. The Morgan fingerprint density at radius 1 is 1.20 bits per heavy atom. The number of thioether (sulfide) groups is 1. The molecule has 0 spiro atoms. The molecule has 20 heavy (non-hydrogen) atoms. The molecule has 1 aromatic carbocycles. The Labute approximate surface area is 134 Å². The van der Waals surface area contributed by atoms with Crippen molar-refractivity contribution in [3.63, 3.8) is 0 Å². The van der Waals surface area contributed by atoms with Gasteiger partial charge in [0.25, 0.3) is 0 Å². The Kier molecular flexibility index (Phi) is 7.92. The number of benzene rings is 1. The lowest BCUT2D eigenvalue weighted by atomic mass is 10.0. The third-order valence-electron chi connectivity index (χ3n) is 2.81. The lowest BCUT2D eigenvalue weighted by molar-refractivity contribution is -0.117. The van der Waals surface area contributed by atoms with Gasteiger partial charge in [-0.2, -0.15) is 11.3 Å². The summed E-state index contributed by atoms with van der Waals surface area (Å²) in [6.07, 6.45) is 0.624. The van der Waals surface area contributed by atoms with Gasteiger partial charge in [-0.1, -0.05) is 30.3 Å². The van der Waals surface area contributed by atoms with Crippen molar-refractivity contribution in [3.8, 4) is 0 Å². The molecule has 0 aliphatic carbocycles. The van der Waals surface area contributed by atoms with Crippen molar-refractivity contribution in [3.05, 3.63) is 58.3 Å². The maximum atomic E-state index is 11.9. The van der Waals surface area contributed by atoms with E-state index in [-0.39, 0.29) is 18.2 Å². The zero-order valence-electron chi connectivity index (χ0n) is 11.0. The minimum atomic E-state index is -0.391. The Balaban J connectivity index is 0.00000200. The molecule has 0 fully saturated rings. The molecule has 0 bridgehead atoms. The van der Waals surface area contributed by atoms with Gasteiger partial charge in [-0.3, -0.25) is 4.79 Å². The number of carbonyl (C=O) groups is 1. The van der Waals surface area contributed by atoms with Crippen LogP contribution < -0.4 is 5.73 Å². The van der Waals surface area contributed by atoms with Crippen molar-refractivity contribution in [2.75, 3.05) is 5.75 Å². The maximum Gasteiger partial charge on any atom is 0.159 e. The smallest absolute Gasteiger partial charge is 0.159 e. The van der Waals surface area contributed by atoms with Crippen molar-refractivity contribution in [1.29, 1.82) is 0 Å². The molecule has 2 nitrogen and oxygen atoms in total. The average Bonchev–Trinajstić information content (AvgIpc) is 2.93. The maximum absolute atomic E-state index is 11.9. The van der Waals surface area contributed by atoms with E-state index in [2.05, 4.69) is 16.8 Å². The monoisotopic (exact) mass is 327 g/mol. The SMILES string of the molecule is Cl.N[C@@H](Cc1ccccc1)C(=O)CSCc1ccsc1. The third-order valence-corrected chi connectivity index (χ3v) is 4.56. The highest BCUT2D eigenvalue weighted by molar-refractivity contribution is 7.99. The molecule has 1 aromatic heterocycles. The molecule has 0 amide bonds. The summed E-state index contributed by atoms with van der Waals surface area (Å²) in [7, 11) is 0. The Bertz CT molecular complexity index is 502. The minimum absolute atomic E-state index is 0. The molecule has 2 N–H and O–H groups in total. The number of rotatable bonds is 7. The summed E-state index contributed by atoms with van der Waals surface area (Å²) in [5.74, 6) is 1.50. The van der Waals surface area contributed by atoms with Gasteiger partial charge in [0, 0.05) is 5.75 Å². The number of ketones is 1. The van der Waals surface area contributed by atoms with Crippen LogP contribution in [-0.4, -0.2) is 17.6 Å². The van der Waals surface area contributed by atoms with Crippen molar-refractivity contribution in [2.24, 2.45) is 5.73 Å². The van der Waals surface area contributed by atoms with E-state index >= 15 is 0 Å². The van der Waals surface area contributed by atoms with Crippen LogP contribution in [0.4, 0.5) is 0 Å². The molecule has 2 rings (SSSR count). The summed E-state index contributed by atoms with van der Waals surface area (Å²) in [5.41, 5.74) is 8.34. The number of carbonyl (C=O) groups excluding carboxylic acids is 1. The molecule has 0 unspecified atom stereocenters. The fourth-order valence-electron chi connectivity index (χ4n) is 1.73. The van der Waals surface area contributed by atoms with Crippen molar-refractivity contribution in [1.82, 2.24) is 0 Å². The highest BCUT2D eigenvalue weighted by Gasteiger charge is 2.13. The van der Waals surface area contributed by atoms with Crippen molar-refractivity contribution in [2.45, 2.75) is 18.2 Å². The van der Waals surface area contributed by atoms with E-state index in [0.717, 1.165) is 11.3 Å². The molecule has 2 aromatic rings. The van der Waals surface area contributed by atoms with E-state index < -0.39 is 6.04 Å². The molecule has 0 saturated carbocycles. The summed E-state index contributed by atoms with van der Waals surface area (Å²) in [6, 6.07) is 11.6. The summed E-state index contributed by atoms with van der Waals surface area (Å²) < 4.78 is 0. The fraction of sp³-hybridized carbons (Fsp3) is 0.267. The summed E-state index contributed by atoms with van der Waals surface area (Å²) in [4.78, 5) is 11.9. The van der Waals surface area contributed by atoms with Crippen molar-refractivity contribution >= 4 is 41.3 Å². The molecule has 0 radical (unpaired) electrons. The Morgan fingerprint density at radius 2 is 1.95 bits per heavy atom. The van der Waals surface area contributed by atoms with E-state index in [4.69, 9.17) is 5.73 Å². The molecule has 5 heteroatoms. The predicted octanol–water partition coefficient (Wildman–Crippen LogP) is 3.54. The lowest BCUT2D eigenvalue weighted by Crippen LogP contribution is -2.34. The molecule has 1 heterocycles. The van der Waals surface area contributed by atoms with Crippen molar-refractivity contribution < 1.29 is 4.79 Å². The molecule has 0 aliphatic heterocycles. The second-order valence-electron chi connectivity index (χ2n) is 4.39. The van der Waals surface area contributed by atoms with E-state index in [9.17, 15) is 4.79 Å². The van der Waals surface area contributed by atoms with E-state index in [1.807, 2.05) is 30.3 Å². The highest BCUT2D eigenvalue weighted by Crippen LogP contribution is 2.15. The van der Waals surface area contributed by atoms with Gasteiger partial charge < -0.3 is 5.73 Å². The second kappa shape index (κ2) is 9.19. The second-order valence-corrected chi connectivity index (χ2v) is 6.15. The number of nitrogens with two attached hydrogens (primary N) is 1. The third kappa shape index (κ3) is 5.67. The normalized spacial score (nSPS) is 11.7. The lowest BCUT2D eigenvalue weighted by Gasteiger charge is -2.10. The van der Waals surface area contributed by atoms with Crippen LogP contribution in [0.3, 0.4) is 0 Å². The minimum Gasteiger partial charge on any atom is -0.321 e. The highest BCUT2D eigenvalue weighted by atomic mass is 35.5. The topological polar surface area (TPSA) is 43.1 Å². The number of halogens is 1. The van der Waals surface area contributed by atoms with E-state index in [1.54, 1.807) is 23.1 Å². The molecular formula is C15H18ClNOS2. The van der Waals surface area contributed by atoms with Gasteiger partial charge in [-0.25, -0.2) is 0 Å². The first-order valence-electron chi connectivity index (χ1n) is 6.17. The van der Waals surface area contributed by atoms with Crippen LogP contribution >= 0.6 is 35.5 Å². The first kappa shape index (κ1) is 17.2. The number of Topliss-reactive ketones (excluding diaryl/α,β-unsaturated/α-hetero) is 1. The zero-order chi connectivity index (χ0) is 13.5. The summed E-state index contributed by atoms with van der Waals surface area (Å²) in [6.45, 7) is 0. The predicted molar refractivity (Wildman–Crippen MR) is 90.9 cm³/mol. The molecule has 108 valence electrons. The fourth-order valence-corrected chi connectivity index (χ4v) is 3.44. The number of hydrogen-bond donors (Lipinski definition) is 1. The van der Waals surface area contributed by atoms with E-state index in [0.29, 0.717) is 12.2 Å². The first-order valence-corrected chi connectivity index (χ1v) is 8.26.